The zero-order valence-corrected chi connectivity index (χ0v) is 11.8. The van der Waals surface area contributed by atoms with Gasteiger partial charge in [0.05, 0.1) is 12.2 Å². The Kier molecular flexibility index (Phi) is 4.75. The van der Waals surface area contributed by atoms with Gasteiger partial charge in [-0.25, -0.2) is 4.98 Å². The minimum atomic E-state index is 0.675. The highest BCUT2D eigenvalue weighted by molar-refractivity contribution is 5.56. The van der Waals surface area contributed by atoms with E-state index in [-0.39, 0.29) is 0 Å². The first-order chi connectivity index (χ1) is 9.30. The maximum Gasteiger partial charge on any atom is 0.146 e. The van der Waals surface area contributed by atoms with Crippen molar-refractivity contribution in [3.05, 3.63) is 22.9 Å². The second kappa shape index (κ2) is 6.53. The van der Waals surface area contributed by atoms with Crippen molar-refractivity contribution in [1.82, 2.24) is 4.98 Å². The topological polar surface area (TPSA) is 49.1 Å². The van der Waals surface area contributed by atoms with Crippen molar-refractivity contribution < 1.29 is 4.74 Å². The lowest BCUT2D eigenvalue weighted by atomic mass is 10.1. The molecule has 0 saturated heterocycles. The highest BCUT2D eigenvalue weighted by atomic mass is 16.5. The number of hydrogen-bond donors (Lipinski definition) is 0. The molecular formula is C15H21N3O. The Balaban J connectivity index is 2.23. The minimum Gasteiger partial charge on any atom is -0.380 e. The number of hydrogen-bond acceptors (Lipinski definition) is 4. The molecule has 2 rings (SSSR count). The number of rotatable bonds is 6. The quantitative estimate of drug-likeness (QED) is 0.736. The molecule has 4 nitrogen and oxygen atoms in total. The van der Waals surface area contributed by atoms with Crippen LogP contribution in [0.5, 0.6) is 0 Å². The van der Waals surface area contributed by atoms with Crippen molar-refractivity contribution in [2.75, 3.05) is 31.2 Å². The minimum absolute atomic E-state index is 0.675. The van der Waals surface area contributed by atoms with Gasteiger partial charge in [0.15, 0.2) is 0 Å². The van der Waals surface area contributed by atoms with E-state index in [0.29, 0.717) is 12.2 Å². The molecule has 1 aliphatic rings. The number of likely N-dealkylation sites (N-methyl/N-ethyl adjacent to an activating group) is 1. The molecule has 0 fully saturated rings. The number of ether oxygens (including phenoxy) is 1. The monoisotopic (exact) mass is 259 g/mol. The summed E-state index contributed by atoms with van der Waals surface area (Å²) in [7, 11) is 0. The van der Waals surface area contributed by atoms with Crippen molar-refractivity contribution >= 4 is 5.82 Å². The van der Waals surface area contributed by atoms with Gasteiger partial charge < -0.3 is 9.64 Å². The molecule has 0 radical (unpaired) electrons. The number of nitriles is 1. The summed E-state index contributed by atoms with van der Waals surface area (Å²) < 4.78 is 5.40. The van der Waals surface area contributed by atoms with Gasteiger partial charge >= 0.3 is 0 Å². The molecule has 0 saturated carbocycles. The summed E-state index contributed by atoms with van der Waals surface area (Å²) in [4.78, 5) is 6.85. The van der Waals surface area contributed by atoms with E-state index in [4.69, 9.17) is 9.72 Å². The fourth-order valence-corrected chi connectivity index (χ4v) is 2.52. The van der Waals surface area contributed by atoms with Crippen molar-refractivity contribution in [2.45, 2.75) is 33.1 Å². The van der Waals surface area contributed by atoms with Gasteiger partial charge in [-0.15, -0.1) is 0 Å². The molecule has 0 N–H and O–H groups in total. The fourth-order valence-electron chi connectivity index (χ4n) is 2.52. The van der Waals surface area contributed by atoms with Crippen LogP contribution < -0.4 is 4.90 Å². The van der Waals surface area contributed by atoms with Gasteiger partial charge in [-0.05, 0) is 44.7 Å². The van der Waals surface area contributed by atoms with Gasteiger partial charge in [0.25, 0.3) is 0 Å². The Morgan fingerprint density at radius 2 is 2.26 bits per heavy atom. The second-order valence-electron chi connectivity index (χ2n) is 4.71. The van der Waals surface area contributed by atoms with E-state index in [0.717, 1.165) is 44.8 Å². The molecule has 0 spiro atoms. The van der Waals surface area contributed by atoms with E-state index in [1.54, 1.807) is 0 Å². The Labute approximate surface area is 115 Å². The molecule has 1 heterocycles. The Morgan fingerprint density at radius 1 is 1.42 bits per heavy atom. The molecule has 0 atom stereocenters. The first-order valence-corrected chi connectivity index (χ1v) is 7.05. The third-order valence-electron chi connectivity index (χ3n) is 3.54. The summed E-state index contributed by atoms with van der Waals surface area (Å²) in [5.74, 6) is 0.824. The van der Waals surface area contributed by atoms with Crippen molar-refractivity contribution in [3.8, 4) is 6.07 Å². The SMILES string of the molecule is CCOCCN(CC)c1nc2c(cc1C#N)CCC2. The summed E-state index contributed by atoms with van der Waals surface area (Å²) in [6.45, 7) is 7.10. The lowest BCUT2D eigenvalue weighted by molar-refractivity contribution is 0.154. The molecular weight excluding hydrogens is 238 g/mol. The van der Waals surface area contributed by atoms with Gasteiger partial charge in [-0.3, -0.25) is 0 Å². The third kappa shape index (κ3) is 3.05. The van der Waals surface area contributed by atoms with Crippen LogP contribution >= 0.6 is 0 Å². The zero-order valence-electron chi connectivity index (χ0n) is 11.8. The largest absolute Gasteiger partial charge is 0.380 e. The number of fused-ring (bicyclic) bond motifs is 1. The van der Waals surface area contributed by atoms with E-state index in [1.165, 1.54) is 11.3 Å². The smallest absolute Gasteiger partial charge is 0.146 e. The summed E-state index contributed by atoms with van der Waals surface area (Å²) >= 11 is 0. The number of anilines is 1. The lowest BCUT2D eigenvalue weighted by Gasteiger charge is -2.23. The zero-order chi connectivity index (χ0) is 13.7. The van der Waals surface area contributed by atoms with Gasteiger partial charge in [0, 0.05) is 25.4 Å². The molecule has 0 aliphatic heterocycles. The van der Waals surface area contributed by atoms with Gasteiger partial charge in [0.1, 0.15) is 11.9 Å². The molecule has 0 unspecified atom stereocenters. The van der Waals surface area contributed by atoms with Gasteiger partial charge in [-0.1, -0.05) is 0 Å². The Hall–Kier alpha value is -1.60. The van der Waals surface area contributed by atoms with Crippen molar-refractivity contribution in [1.29, 1.82) is 5.26 Å². The fraction of sp³-hybridized carbons (Fsp3) is 0.600. The van der Waals surface area contributed by atoms with Crippen LogP contribution in [0.4, 0.5) is 5.82 Å². The molecule has 19 heavy (non-hydrogen) atoms. The van der Waals surface area contributed by atoms with E-state index >= 15 is 0 Å². The molecule has 0 amide bonds. The highest BCUT2D eigenvalue weighted by Crippen LogP contribution is 2.26. The molecule has 1 aromatic heterocycles. The van der Waals surface area contributed by atoms with E-state index in [9.17, 15) is 5.26 Å². The summed E-state index contributed by atoms with van der Waals surface area (Å²) in [6, 6.07) is 4.31. The molecule has 4 heteroatoms. The predicted octanol–water partition coefficient (Wildman–Crippen LogP) is 2.30. The van der Waals surface area contributed by atoms with Crippen LogP contribution in [0.25, 0.3) is 0 Å². The molecule has 1 aromatic rings. The summed E-state index contributed by atoms with van der Waals surface area (Å²) in [6.07, 6.45) is 3.25. The van der Waals surface area contributed by atoms with E-state index in [1.807, 2.05) is 13.0 Å². The number of aromatic nitrogens is 1. The number of pyridine rings is 1. The number of aryl methyl sites for hydroxylation is 2. The van der Waals surface area contributed by atoms with Gasteiger partial charge in [0.2, 0.25) is 0 Å². The average Bonchev–Trinajstić information content (AvgIpc) is 2.89. The standard InChI is InChI=1S/C15H21N3O/c1-3-18(8-9-19-4-2)15-13(11-16)10-12-6-5-7-14(12)17-15/h10H,3-9H2,1-2H3. The van der Waals surface area contributed by atoms with Crippen LogP contribution in [0, 0.1) is 11.3 Å². The molecule has 0 bridgehead atoms. The maximum absolute atomic E-state index is 9.32. The van der Waals surface area contributed by atoms with Crippen LogP contribution in [-0.2, 0) is 17.6 Å². The first kappa shape index (κ1) is 13.8. The second-order valence-corrected chi connectivity index (χ2v) is 4.71. The third-order valence-corrected chi connectivity index (χ3v) is 3.54. The van der Waals surface area contributed by atoms with Crippen molar-refractivity contribution in [3.63, 3.8) is 0 Å². The first-order valence-electron chi connectivity index (χ1n) is 7.05. The maximum atomic E-state index is 9.32. The Morgan fingerprint density at radius 3 is 2.95 bits per heavy atom. The van der Waals surface area contributed by atoms with Crippen LogP contribution in [0.3, 0.4) is 0 Å². The normalized spacial score (nSPS) is 13.1. The molecule has 0 aromatic carbocycles. The molecule has 1 aliphatic carbocycles. The Bertz CT molecular complexity index is 479. The van der Waals surface area contributed by atoms with Crippen molar-refractivity contribution in [2.24, 2.45) is 0 Å². The summed E-state index contributed by atoms with van der Waals surface area (Å²) in [5.41, 5.74) is 3.11. The average molecular weight is 259 g/mol. The van der Waals surface area contributed by atoms with Crippen LogP contribution in [0.15, 0.2) is 6.07 Å². The van der Waals surface area contributed by atoms with E-state index < -0.39 is 0 Å². The number of nitrogens with zero attached hydrogens (tertiary/aromatic N) is 3. The summed E-state index contributed by atoms with van der Waals surface area (Å²) in [5, 5.41) is 9.32. The predicted molar refractivity (Wildman–Crippen MR) is 75.4 cm³/mol. The van der Waals surface area contributed by atoms with Gasteiger partial charge in [-0.2, -0.15) is 5.26 Å². The van der Waals surface area contributed by atoms with Crippen LogP contribution in [0.2, 0.25) is 0 Å². The lowest BCUT2D eigenvalue weighted by Crippen LogP contribution is -2.29. The molecule has 102 valence electrons. The van der Waals surface area contributed by atoms with E-state index in [2.05, 4.69) is 17.9 Å². The van der Waals surface area contributed by atoms with Crippen LogP contribution in [-0.4, -0.2) is 31.3 Å². The van der Waals surface area contributed by atoms with Crippen LogP contribution in [0.1, 0.15) is 37.1 Å². The highest BCUT2D eigenvalue weighted by Gasteiger charge is 2.19.